The molecule has 0 spiro atoms. The van der Waals surface area contributed by atoms with Crippen molar-refractivity contribution in [3.63, 3.8) is 0 Å². The van der Waals surface area contributed by atoms with E-state index in [2.05, 4.69) is 61.0 Å². The lowest BCUT2D eigenvalue weighted by atomic mass is 9.86. The van der Waals surface area contributed by atoms with Gasteiger partial charge in [-0.1, -0.05) is 78.6 Å². The van der Waals surface area contributed by atoms with Gasteiger partial charge >= 0.3 is 0 Å². The van der Waals surface area contributed by atoms with Gasteiger partial charge in [-0.3, -0.25) is 4.79 Å². The molecule has 4 nitrogen and oxygen atoms in total. The molecule has 0 radical (unpaired) electrons. The lowest BCUT2D eigenvalue weighted by molar-refractivity contribution is 0.0784. The topological polar surface area (TPSA) is 38.8 Å². The molecule has 0 atom stereocenters. The third-order valence-electron chi connectivity index (χ3n) is 6.41. The highest BCUT2D eigenvalue weighted by molar-refractivity contribution is 9.10. The minimum absolute atomic E-state index is 0.0281. The number of methoxy groups -OCH3 is 1. The lowest BCUT2D eigenvalue weighted by Gasteiger charge is -2.21. The first-order valence-electron chi connectivity index (χ1n) is 12.4. The SMILES string of the molecule is COc1ccc(C(=O)N(C)Cc2ccc(Br)cc2Oc2ccc(F)c(Cl)c2)cc1-c1ccc(C(C)(C)C)cc1. The summed E-state index contributed by atoms with van der Waals surface area (Å²) in [6, 6.07) is 23.5. The van der Waals surface area contributed by atoms with E-state index < -0.39 is 5.82 Å². The second-order valence-corrected chi connectivity index (χ2v) is 11.7. The highest BCUT2D eigenvalue weighted by Gasteiger charge is 2.19. The highest BCUT2D eigenvalue weighted by Crippen LogP contribution is 2.34. The molecular weight excluding hydrogens is 581 g/mol. The van der Waals surface area contributed by atoms with Crippen LogP contribution in [0.25, 0.3) is 11.1 Å². The summed E-state index contributed by atoms with van der Waals surface area (Å²) in [7, 11) is 3.37. The van der Waals surface area contributed by atoms with Gasteiger partial charge in [0.2, 0.25) is 0 Å². The van der Waals surface area contributed by atoms with E-state index in [4.69, 9.17) is 21.1 Å². The van der Waals surface area contributed by atoms with Crippen molar-refractivity contribution in [1.29, 1.82) is 0 Å². The van der Waals surface area contributed by atoms with E-state index in [-0.39, 0.29) is 22.9 Å². The van der Waals surface area contributed by atoms with Crippen LogP contribution in [-0.4, -0.2) is 25.0 Å². The molecule has 39 heavy (non-hydrogen) atoms. The Balaban J connectivity index is 1.59. The van der Waals surface area contributed by atoms with Gasteiger partial charge < -0.3 is 14.4 Å². The molecule has 0 aromatic heterocycles. The van der Waals surface area contributed by atoms with Crippen LogP contribution >= 0.6 is 27.5 Å². The molecule has 0 saturated carbocycles. The summed E-state index contributed by atoms with van der Waals surface area (Å²) in [5, 5.41) is -0.0281. The molecule has 4 aromatic carbocycles. The van der Waals surface area contributed by atoms with Crippen LogP contribution in [0, 0.1) is 5.82 Å². The molecule has 202 valence electrons. The van der Waals surface area contributed by atoms with E-state index in [1.165, 1.54) is 23.8 Å². The van der Waals surface area contributed by atoms with Gasteiger partial charge in [-0.15, -0.1) is 0 Å². The Kier molecular flexibility index (Phi) is 8.67. The predicted molar refractivity (Wildman–Crippen MR) is 159 cm³/mol. The Bertz CT molecular complexity index is 1500. The molecule has 0 aliphatic rings. The molecule has 0 saturated heterocycles. The Labute approximate surface area is 242 Å². The van der Waals surface area contributed by atoms with Gasteiger partial charge in [-0.25, -0.2) is 4.39 Å². The van der Waals surface area contributed by atoms with Crippen LogP contribution in [0.2, 0.25) is 5.02 Å². The summed E-state index contributed by atoms with van der Waals surface area (Å²) < 4.78 is 26.0. The Morgan fingerprint density at radius 1 is 0.949 bits per heavy atom. The van der Waals surface area contributed by atoms with Gasteiger partial charge in [-0.05, 0) is 59.0 Å². The van der Waals surface area contributed by atoms with Crippen molar-refractivity contribution in [3.8, 4) is 28.4 Å². The first kappa shape index (κ1) is 28.7. The van der Waals surface area contributed by atoms with E-state index in [1.807, 2.05) is 24.3 Å². The number of nitrogens with zero attached hydrogens (tertiary/aromatic N) is 1. The standard InChI is InChI=1S/C32H30BrClFNO3/c1-32(2,3)23-10-6-20(7-11-23)26-16-21(9-15-29(26)38-5)31(37)36(4)19-22-8-12-24(33)17-30(22)39-25-13-14-28(35)27(34)18-25/h6-18H,19H2,1-5H3. The van der Waals surface area contributed by atoms with Gasteiger partial charge in [-0.2, -0.15) is 0 Å². The summed E-state index contributed by atoms with van der Waals surface area (Å²) in [6.07, 6.45) is 0. The van der Waals surface area contributed by atoms with Crippen LogP contribution in [0.1, 0.15) is 42.3 Å². The van der Waals surface area contributed by atoms with Crippen molar-refractivity contribution in [1.82, 2.24) is 4.90 Å². The molecule has 0 aliphatic carbocycles. The largest absolute Gasteiger partial charge is 0.496 e. The normalized spacial score (nSPS) is 11.3. The number of amides is 1. The van der Waals surface area contributed by atoms with Crippen molar-refractivity contribution >= 4 is 33.4 Å². The summed E-state index contributed by atoms with van der Waals surface area (Å²) in [6.45, 7) is 6.81. The van der Waals surface area contributed by atoms with E-state index in [9.17, 15) is 9.18 Å². The molecular formula is C32H30BrClFNO3. The van der Waals surface area contributed by atoms with Crippen LogP contribution in [0.3, 0.4) is 0 Å². The number of rotatable bonds is 7. The average Bonchev–Trinajstić information content (AvgIpc) is 2.91. The minimum atomic E-state index is -0.521. The smallest absolute Gasteiger partial charge is 0.253 e. The molecule has 0 N–H and O–H groups in total. The van der Waals surface area contributed by atoms with E-state index in [0.717, 1.165) is 21.2 Å². The quantitative estimate of drug-likeness (QED) is 0.209. The molecule has 0 unspecified atom stereocenters. The zero-order valence-electron chi connectivity index (χ0n) is 22.5. The van der Waals surface area contributed by atoms with Crippen LogP contribution in [0.15, 0.2) is 83.3 Å². The third kappa shape index (κ3) is 6.81. The fourth-order valence-electron chi connectivity index (χ4n) is 4.19. The predicted octanol–water partition coefficient (Wildman–Crippen LogP) is 9.28. The van der Waals surface area contributed by atoms with Gasteiger partial charge in [0.15, 0.2) is 0 Å². The number of carbonyl (C=O) groups is 1. The fraction of sp³-hybridized carbons (Fsp3) is 0.219. The zero-order chi connectivity index (χ0) is 28.3. The van der Waals surface area contributed by atoms with Crippen molar-refractivity contribution in [2.45, 2.75) is 32.7 Å². The van der Waals surface area contributed by atoms with Gasteiger partial charge in [0.25, 0.3) is 5.91 Å². The van der Waals surface area contributed by atoms with Crippen molar-refractivity contribution in [3.05, 3.63) is 111 Å². The van der Waals surface area contributed by atoms with Gasteiger partial charge in [0, 0.05) is 40.8 Å². The third-order valence-corrected chi connectivity index (χ3v) is 7.19. The molecule has 0 aliphatic heterocycles. The Hall–Kier alpha value is -3.35. The number of carbonyl (C=O) groups excluding carboxylic acids is 1. The van der Waals surface area contributed by atoms with Crippen LogP contribution in [0.4, 0.5) is 4.39 Å². The first-order chi connectivity index (χ1) is 18.5. The highest BCUT2D eigenvalue weighted by atomic mass is 79.9. The number of hydrogen-bond acceptors (Lipinski definition) is 3. The van der Waals surface area contributed by atoms with Crippen LogP contribution in [0.5, 0.6) is 17.2 Å². The second kappa shape index (κ2) is 11.8. The molecule has 4 rings (SSSR count). The van der Waals surface area contributed by atoms with E-state index in [1.54, 1.807) is 31.2 Å². The molecule has 1 amide bonds. The summed E-state index contributed by atoms with van der Waals surface area (Å²) in [5.41, 5.74) is 4.41. The summed E-state index contributed by atoms with van der Waals surface area (Å²) in [4.78, 5) is 15.1. The molecule has 0 bridgehead atoms. The number of benzene rings is 4. The maximum atomic E-state index is 13.6. The second-order valence-electron chi connectivity index (χ2n) is 10.3. The van der Waals surface area contributed by atoms with E-state index in [0.29, 0.717) is 22.8 Å². The maximum Gasteiger partial charge on any atom is 0.253 e. The number of hydrogen-bond donors (Lipinski definition) is 0. The molecule has 0 heterocycles. The Morgan fingerprint density at radius 3 is 2.31 bits per heavy atom. The monoisotopic (exact) mass is 609 g/mol. The lowest BCUT2D eigenvalue weighted by Crippen LogP contribution is -2.26. The van der Waals surface area contributed by atoms with E-state index >= 15 is 0 Å². The number of ether oxygens (including phenoxy) is 2. The Morgan fingerprint density at radius 2 is 1.67 bits per heavy atom. The van der Waals surface area contributed by atoms with Crippen molar-refractivity contribution in [2.24, 2.45) is 0 Å². The summed E-state index contributed by atoms with van der Waals surface area (Å²) >= 11 is 9.39. The summed E-state index contributed by atoms with van der Waals surface area (Å²) in [5.74, 6) is 0.948. The first-order valence-corrected chi connectivity index (χ1v) is 13.6. The maximum absolute atomic E-state index is 13.6. The molecule has 4 aromatic rings. The van der Waals surface area contributed by atoms with Crippen LogP contribution in [-0.2, 0) is 12.0 Å². The molecule has 0 fully saturated rings. The van der Waals surface area contributed by atoms with Crippen LogP contribution < -0.4 is 9.47 Å². The zero-order valence-corrected chi connectivity index (χ0v) is 24.9. The average molecular weight is 611 g/mol. The number of halogens is 3. The minimum Gasteiger partial charge on any atom is -0.496 e. The molecule has 7 heteroatoms. The van der Waals surface area contributed by atoms with Gasteiger partial charge in [0.1, 0.15) is 23.1 Å². The van der Waals surface area contributed by atoms with Crippen molar-refractivity contribution < 1.29 is 18.7 Å². The van der Waals surface area contributed by atoms with Gasteiger partial charge in [0.05, 0.1) is 12.1 Å². The fourth-order valence-corrected chi connectivity index (χ4v) is 4.70. The van der Waals surface area contributed by atoms with Crippen molar-refractivity contribution in [2.75, 3.05) is 14.2 Å².